The highest BCUT2D eigenvalue weighted by molar-refractivity contribution is 6.31. The van der Waals surface area contributed by atoms with Crippen LogP contribution in [-0.4, -0.2) is 24.5 Å². The van der Waals surface area contributed by atoms with E-state index in [9.17, 15) is 4.79 Å². The fourth-order valence-corrected chi connectivity index (χ4v) is 2.86. The first kappa shape index (κ1) is 16.4. The van der Waals surface area contributed by atoms with Gasteiger partial charge in [0.2, 0.25) is 0 Å². The molecule has 1 aromatic heterocycles. The number of halogens is 1. The van der Waals surface area contributed by atoms with E-state index in [2.05, 4.69) is 21.2 Å². The number of para-hydroxylation sites is 1. The van der Waals surface area contributed by atoms with Crippen molar-refractivity contribution in [3.63, 3.8) is 0 Å². The number of hydrazine groups is 1. The number of fused-ring (bicyclic) bond motifs is 1. The second kappa shape index (κ2) is 7.38. The van der Waals surface area contributed by atoms with Crippen LogP contribution < -0.4 is 16.2 Å². The van der Waals surface area contributed by atoms with Crippen molar-refractivity contribution in [1.29, 1.82) is 0 Å². The summed E-state index contributed by atoms with van der Waals surface area (Å²) in [6, 6.07) is 13.1. The van der Waals surface area contributed by atoms with Gasteiger partial charge < -0.3 is 15.7 Å². The van der Waals surface area contributed by atoms with E-state index < -0.39 is 0 Å². The number of rotatable bonds is 6. The molecule has 124 valence electrons. The molecule has 0 spiro atoms. The van der Waals surface area contributed by atoms with Gasteiger partial charge in [0.25, 0.3) is 5.91 Å². The van der Waals surface area contributed by atoms with Crippen LogP contribution in [0.4, 0.5) is 5.69 Å². The number of hydrogen-bond acceptors (Lipinski definition) is 3. The monoisotopic (exact) mass is 342 g/mol. The topological polar surface area (TPSA) is 68.9 Å². The Labute approximate surface area is 145 Å². The van der Waals surface area contributed by atoms with Crippen LogP contribution in [0.2, 0.25) is 5.02 Å². The number of carbonyl (C=O) groups excluding carboxylic acids is 1. The van der Waals surface area contributed by atoms with Crippen molar-refractivity contribution in [2.75, 3.05) is 19.0 Å². The fourth-order valence-electron chi connectivity index (χ4n) is 2.69. The summed E-state index contributed by atoms with van der Waals surface area (Å²) in [5.41, 5.74) is 9.33. The molecular formula is C18H19ClN4O. The normalized spacial score (nSPS) is 10.8. The van der Waals surface area contributed by atoms with Crippen molar-refractivity contribution < 1.29 is 4.79 Å². The van der Waals surface area contributed by atoms with Crippen LogP contribution in [0.3, 0.4) is 0 Å². The van der Waals surface area contributed by atoms with Crippen molar-refractivity contribution >= 4 is 34.1 Å². The molecule has 5 nitrogen and oxygen atoms in total. The number of benzene rings is 2. The quantitative estimate of drug-likeness (QED) is 0.519. The molecule has 24 heavy (non-hydrogen) atoms. The maximum Gasteiger partial charge on any atom is 0.253 e. The first-order valence-corrected chi connectivity index (χ1v) is 8.12. The van der Waals surface area contributed by atoms with Crippen LogP contribution >= 0.6 is 11.6 Å². The van der Waals surface area contributed by atoms with E-state index in [-0.39, 0.29) is 5.91 Å². The lowest BCUT2D eigenvalue weighted by molar-refractivity contribution is 0.0955. The Morgan fingerprint density at radius 3 is 2.88 bits per heavy atom. The van der Waals surface area contributed by atoms with Gasteiger partial charge >= 0.3 is 0 Å². The minimum Gasteiger partial charge on any atom is -0.361 e. The molecule has 0 bridgehead atoms. The number of H-pyrrole nitrogens is 1. The fraction of sp³-hybridized carbons (Fsp3) is 0.167. The van der Waals surface area contributed by atoms with E-state index in [0.29, 0.717) is 17.1 Å². The first-order valence-electron chi connectivity index (χ1n) is 7.74. The van der Waals surface area contributed by atoms with Crippen molar-refractivity contribution in [3.05, 3.63) is 64.8 Å². The van der Waals surface area contributed by atoms with Gasteiger partial charge in [-0.3, -0.25) is 4.79 Å². The zero-order valence-corrected chi connectivity index (χ0v) is 14.1. The number of aromatic nitrogens is 1. The molecule has 0 aliphatic carbocycles. The first-order chi connectivity index (χ1) is 11.7. The third-order valence-corrected chi connectivity index (χ3v) is 4.08. The Hall–Kier alpha value is -2.50. The lowest BCUT2D eigenvalue weighted by atomic mass is 10.1. The summed E-state index contributed by atoms with van der Waals surface area (Å²) < 4.78 is 0. The molecule has 0 aliphatic rings. The van der Waals surface area contributed by atoms with Gasteiger partial charge in [-0.1, -0.05) is 23.7 Å². The summed E-state index contributed by atoms with van der Waals surface area (Å²) in [4.78, 5) is 15.6. The SMILES string of the molecule is CNNc1ccccc1C(=O)NCCc1c[nH]c2ccc(Cl)cc12. The maximum absolute atomic E-state index is 12.4. The van der Waals surface area contributed by atoms with E-state index in [1.54, 1.807) is 13.1 Å². The summed E-state index contributed by atoms with van der Waals surface area (Å²) in [6.45, 7) is 0.548. The molecule has 4 N–H and O–H groups in total. The molecule has 1 amide bonds. The van der Waals surface area contributed by atoms with Crippen molar-refractivity contribution in [1.82, 2.24) is 15.7 Å². The predicted octanol–water partition coefficient (Wildman–Crippen LogP) is 3.34. The van der Waals surface area contributed by atoms with Gasteiger partial charge in [-0.25, -0.2) is 5.43 Å². The highest BCUT2D eigenvalue weighted by Gasteiger charge is 2.10. The Kier molecular flexibility index (Phi) is 5.03. The molecule has 2 aromatic carbocycles. The molecule has 0 fully saturated rings. The maximum atomic E-state index is 12.4. The number of carbonyl (C=O) groups is 1. The molecule has 3 rings (SSSR count). The van der Waals surface area contributed by atoms with Gasteiger partial charge in [0, 0.05) is 35.7 Å². The van der Waals surface area contributed by atoms with E-state index in [0.717, 1.165) is 28.6 Å². The Morgan fingerprint density at radius 2 is 2.04 bits per heavy atom. The molecule has 0 atom stereocenters. The van der Waals surface area contributed by atoms with E-state index >= 15 is 0 Å². The number of amides is 1. The van der Waals surface area contributed by atoms with Gasteiger partial charge in [-0.2, -0.15) is 0 Å². The van der Waals surface area contributed by atoms with Gasteiger partial charge in [0.1, 0.15) is 0 Å². The van der Waals surface area contributed by atoms with Crippen LogP contribution in [0.5, 0.6) is 0 Å². The minimum atomic E-state index is -0.105. The lowest BCUT2D eigenvalue weighted by Crippen LogP contribution is -2.27. The molecule has 0 unspecified atom stereocenters. The third kappa shape index (κ3) is 3.53. The molecule has 0 saturated carbocycles. The summed E-state index contributed by atoms with van der Waals surface area (Å²) in [5.74, 6) is -0.105. The molecular weight excluding hydrogens is 324 g/mol. The van der Waals surface area contributed by atoms with Crippen LogP contribution in [-0.2, 0) is 6.42 Å². The number of nitrogens with one attached hydrogen (secondary N) is 4. The van der Waals surface area contributed by atoms with Gasteiger partial charge in [-0.15, -0.1) is 0 Å². The molecule has 0 radical (unpaired) electrons. The highest BCUT2D eigenvalue weighted by atomic mass is 35.5. The van der Waals surface area contributed by atoms with E-state index in [4.69, 9.17) is 11.6 Å². The van der Waals surface area contributed by atoms with Crippen molar-refractivity contribution in [2.24, 2.45) is 0 Å². The Morgan fingerprint density at radius 1 is 1.21 bits per heavy atom. The van der Waals surface area contributed by atoms with Crippen LogP contribution in [0.1, 0.15) is 15.9 Å². The highest BCUT2D eigenvalue weighted by Crippen LogP contribution is 2.22. The van der Waals surface area contributed by atoms with Crippen LogP contribution in [0.25, 0.3) is 10.9 Å². The minimum absolute atomic E-state index is 0.105. The van der Waals surface area contributed by atoms with E-state index in [1.165, 1.54) is 0 Å². The second-order valence-electron chi connectivity index (χ2n) is 5.43. The smallest absolute Gasteiger partial charge is 0.253 e. The largest absolute Gasteiger partial charge is 0.361 e. The molecule has 1 heterocycles. The van der Waals surface area contributed by atoms with Gasteiger partial charge in [-0.05, 0) is 42.3 Å². The number of anilines is 1. The van der Waals surface area contributed by atoms with Crippen LogP contribution in [0, 0.1) is 0 Å². The average Bonchev–Trinajstić information content (AvgIpc) is 2.98. The molecule has 6 heteroatoms. The van der Waals surface area contributed by atoms with Gasteiger partial charge in [0.05, 0.1) is 11.3 Å². The standard InChI is InChI=1S/C18H19ClN4O/c1-20-23-17-5-3-2-4-14(17)18(24)21-9-8-12-11-22-16-7-6-13(19)10-15(12)16/h2-7,10-11,20,22-23H,8-9H2,1H3,(H,21,24). The molecule has 0 saturated heterocycles. The zero-order valence-electron chi connectivity index (χ0n) is 13.3. The summed E-state index contributed by atoms with van der Waals surface area (Å²) in [5, 5.41) is 4.76. The van der Waals surface area contributed by atoms with Gasteiger partial charge in [0.15, 0.2) is 0 Å². The van der Waals surface area contributed by atoms with Crippen molar-refractivity contribution in [2.45, 2.75) is 6.42 Å². The average molecular weight is 343 g/mol. The summed E-state index contributed by atoms with van der Waals surface area (Å²) in [6.07, 6.45) is 2.69. The summed E-state index contributed by atoms with van der Waals surface area (Å²) in [7, 11) is 1.76. The second-order valence-corrected chi connectivity index (χ2v) is 5.87. The Balaban J connectivity index is 1.65. The molecule has 0 aliphatic heterocycles. The third-order valence-electron chi connectivity index (χ3n) is 3.84. The van der Waals surface area contributed by atoms with Crippen molar-refractivity contribution in [3.8, 4) is 0 Å². The summed E-state index contributed by atoms with van der Waals surface area (Å²) >= 11 is 6.06. The number of aromatic amines is 1. The predicted molar refractivity (Wildman–Crippen MR) is 98.5 cm³/mol. The van der Waals surface area contributed by atoms with E-state index in [1.807, 2.05) is 42.6 Å². The number of hydrogen-bond donors (Lipinski definition) is 4. The zero-order chi connectivity index (χ0) is 16.9. The lowest BCUT2D eigenvalue weighted by Gasteiger charge is -2.11. The molecule has 3 aromatic rings. The Bertz CT molecular complexity index is 859. The van der Waals surface area contributed by atoms with Crippen LogP contribution in [0.15, 0.2) is 48.7 Å².